The van der Waals surface area contributed by atoms with Crippen LogP contribution in [0.4, 0.5) is 5.69 Å². The minimum atomic E-state index is -3.72. The first-order chi connectivity index (χ1) is 14.8. The van der Waals surface area contributed by atoms with Gasteiger partial charge in [-0.05, 0) is 52.3 Å². The lowest BCUT2D eigenvalue weighted by Crippen LogP contribution is -2.54. The minimum Gasteiger partial charge on any atom is -0.350 e. The van der Waals surface area contributed by atoms with Crippen LogP contribution >= 0.6 is 0 Å². The highest BCUT2D eigenvalue weighted by atomic mass is 32.2. The third kappa shape index (κ3) is 7.37. The number of aryl methyl sites for hydroxylation is 1. The van der Waals surface area contributed by atoms with Gasteiger partial charge in [-0.15, -0.1) is 0 Å². The zero-order valence-electron chi connectivity index (χ0n) is 19.6. The summed E-state index contributed by atoms with van der Waals surface area (Å²) in [5.41, 5.74) is 1.76. The van der Waals surface area contributed by atoms with E-state index in [-0.39, 0.29) is 12.5 Å². The van der Waals surface area contributed by atoms with Gasteiger partial charge in [-0.1, -0.05) is 48.0 Å². The second-order valence-corrected chi connectivity index (χ2v) is 10.9. The number of sulfonamides is 1. The zero-order valence-corrected chi connectivity index (χ0v) is 20.4. The Hall–Kier alpha value is -2.87. The van der Waals surface area contributed by atoms with Gasteiger partial charge in [0.25, 0.3) is 0 Å². The number of benzene rings is 2. The fourth-order valence-electron chi connectivity index (χ4n) is 3.16. The third-order valence-electron chi connectivity index (χ3n) is 4.86. The molecule has 0 radical (unpaired) electrons. The molecule has 0 spiro atoms. The Kier molecular flexibility index (Phi) is 8.07. The van der Waals surface area contributed by atoms with Crippen molar-refractivity contribution in [1.82, 2.24) is 10.2 Å². The van der Waals surface area contributed by atoms with Crippen LogP contribution in [0.5, 0.6) is 0 Å². The van der Waals surface area contributed by atoms with Gasteiger partial charge in [-0.25, -0.2) is 8.42 Å². The maximum Gasteiger partial charge on any atom is 0.244 e. The van der Waals surface area contributed by atoms with E-state index in [4.69, 9.17) is 0 Å². The summed E-state index contributed by atoms with van der Waals surface area (Å²) >= 11 is 0. The quantitative estimate of drug-likeness (QED) is 0.657. The van der Waals surface area contributed by atoms with Crippen LogP contribution in [0.25, 0.3) is 0 Å². The highest BCUT2D eigenvalue weighted by molar-refractivity contribution is 7.92. The van der Waals surface area contributed by atoms with E-state index >= 15 is 0 Å². The SMILES string of the molecule is Cc1ccc(N(CC(=O)N(Cc2ccccc2)[C@H](C)C(=O)NC(C)(C)C)S(C)(=O)=O)cc1. The zero-order chi connectivity index (χ0) is 24.1. The van der Waals surface area contributed by atoms with Crippen LogP contribution in [0.2, 0.25) is 0 Å². The smallest absolute Gasteiger partial charge is 0.244 e. The molecule has 1 atom stereocenters. The van der Waals surface area contributed by atoms with Crippen molar-refractivity contribution in [2.45, 2.75) is 52.7 Å². The summed E-state index contributed by atoms with van der Waals surface area (Å²) in [5, 5.41) is 2.90. The largest absolute Gasteiger partial charge is 0.350 e. The van der Waals surface area contributed by atoms with Gasteiger partial charge in [-0.3, -0.25) is 13.9 Å². The van der Waals surface area contributed by atoms with Gasteiger partial charge < -0.3 is 10.2 Å². The van der Waals surface area contributed by atoms with Crippen molar-refractivity contribution in [3.05, 3.63) is 65.7 Å². The average Bonchev–Trinajstić information content (AvgIpc) is 2.69. The first-order valence-electron chi connectivity index (χ1n) is 10.5. The molecule has 1 N–H and O–H groups in total. The molecule has 0 aliphatic heterocycles. The van der Waals surface area contributed by atoms with Crippen molar-refractivity contribution < 1.29 is 18.0 Å². The molecule has 2 rings (SSSR count). The summed E-state index contributed by atoms with van der Waals surface area (Å²) in [6.07, 6.45) is 1.07. The van der Waals surface area contributed by atoms with Gasteiger partial charge in [0.05, 0.1) is 11.9 Å². The summed E-state index contributed by atoms with van der Waals surface area (Å²) in [5.74, 6) is -0.764. The maximum atomic E-state index is 13.4. The van der Waals surface area contributed by atoms with Gasteiger partial charge in [0.1, 0.15) is 12.6 Å². The molecular weight excluding hydrogens is 426 g/mol. The third-order valence-corrected chi connectivity index (χ3v) is 6.00. The Morgan fingerprint density at radius 3 is 2.06 bits per heavy atom. The van der Waals surface area contributed by atoms with Crippen LogP contribution < -0.4 is 9.62 Å². The fourth-order valence-corrected chi connectivity index (χ4v) is 4.01. The molecular formula is C24H33N3O4S. The van der Waals surface area contributed by atoms with E-state index in [1.54, 1.807) is 31.2 Å². The second kappa shape index (κ2) is 10.2. The molecule has 0 aliphatic carbocycles. The van der Waals surface area contributed by atoms with Crippen molar-refractivity contribution in [2.75, 3.05) is 17.1 Å². The van der Waals surface area contributed by atoms with E-state index in [1.807, 2.05) is 58.0 Å². The highest BCUT2D eigenvalue weighted by Gasteiger charge is 2.31. The normalized spacial score (nSPS) is 12.7. The Morgan fingerprint density at radius 2 is 1.56 bits per heavy atom. The van der Waals surface area contributed by atoms with Gasteiger partial charge in [0.15, 0.2) is 0 Å². The monoisotopic (exact) mass is 459 g/mol. The Bertz CT molecular complexity index is 1030. The van der Waals surface area contributed by atoms with E-state index in [0.29, 0.717) is 5.69 Å². The van der Waals surface area contributed by atoms with Crippen LogP contribution in [0.1, 0.15) is 38.8 Å². The number of anilines is 1. The lowest BCUT2D eigenvalue weighted by molar-refractivity contribution is -0.140. The molecule has 0 fully saturated rings. The molecule has 0 unspecified atom stereocenters. The van der Waals surface area contributed by atoms with E-state index < -0.39 is 34.1 Å². The number of nitrogens with one attached hydrogen (secondary N) is 1. The van der Waals surface area contributed by atoms with Crippen molar-refractivity contribution in [2.24, 2.45) is 0 Å². The molecule has 0 bridgehead atoms. The van der Waals surface area contributed by atoms with Crippen molar-refractivity contribution in [3.8, 4) is 0 Å². The van der Waals surface area contributed by atoms with Crippen LogP contribution in [0.15, 0.2) is 54.6 Å². The lowest BCUT2D eigenvalue weighted by atomic mass is 10.1. The fraction of sp³-hybridized carbons (Fsp3) is 0.417. The minimum absolute atomic E-state index is 0.184. The summed E-state index contributed by atoms with van der Waals surface area (Å²) < 4.78 is 26.1. The van der Waals surface area contributed by atoms with Crippen molar-refractivity contribution in [1.29, 1.82) is 0 Å². The Morgan fingerprint density at radius 1 is 1.00 bits per heavy atom. The predicted molar refractivity (Wildman–Crippen MR) is 128 cm³/mol. The first-order valence-corrected chi connectivity index (χ1v) is 12.3. The number of amides is 2. The summed E-state index contributed by atoms with van der Waals surface area (Å²) in [7, 11) is -3.72. The molecule has 0 aromatic heterocycles. The van der Waals surface area contributed by atoms with Crippen molar-refractivity contribution in [3.63, 3.8) is 0 Å². The summed E-state index contributed by atoms with van der Waals surface area (Å²) in [6, 6.07) is 15.4. The van der Waals surface area contributed by atoms with Crippen LogP contribution in [-0.2, 0) is 26.2 Å². The van der Waals surface area contributed by atoms with Gasteiger partial charge in [0.2, 0.25) is 21.8 Å². The lowest BCUT2D eigenvalue weighted by Gasteiger charge is -2.33. The highest BCUT2D eigenvalue weighted by Crippen LogP contribution is 2.20. The number of carbonyl (C=O) groups is 2. The van der Waals surface area contributed by atoms with E-state index in [9.17, 15) is 18.0 Å². The molecule has 8 heteroatoms. The van der Waals surface area contributed by atoms with Gasteiger partial charge in [-0.2, -0.15) is 0 Å². The number of rotatable bonds is 8. The van der Waals surface area contributed by atoms with Crippen LogP contribution in [-0.4, -0.2) is 49.5 Å². The number of hydrogen-bond acceptors (Lipinski definition) is 4. The molecule has 0 saturated heterocycles. The molecule has 0 heterocycles. The van der Waals surface area contributed by atoms with Crippen LogP contribution in [0.3, 0.4) is 0 Å². The molecule has 0 saturated carbocycles. The summed E-state index contributed by atoms with van der Waals surface area (Å²) in [6.45, 7) is 8.93. The summed E-state index contributed by atoms with van der Waals surface area (Å²) in [4.78, 5) is 27.7. The molecule has 7 nitrogen and oxygen atoms in total. The number of carbonyl (C=O) groups excluding carboxylic acids is 2. The van der Waals surface area contributed by atoms with Crippen LogP contribution in [0, 0.1) is 6.92 Å². The standard InChI is InChI=1S/C24H33N3O4S/c1-18-12-14-21(15-13-18)27(32(6,30)31)17-22(28)26(16-20-10-8-7-9-11-20)19(2)23(29)25-24(3,4)5/h7-15,19H,16-17H2,1-6H3,(H,25,29)/t19-/m1/s1. The molecule has 32 heavy (non-hydrogen) atoms. The first kappa shape index (κ1) is 25.4. The predicted octanol–water partition coefficient (Wildman–Crippen LogP) is 3.09. The molecule has 174 valence electrons. The second-order valence-electron chi connectivity index (χ2n) is 9.03. The van der Waals surface area contributed by atoms with E-state index in [2.05, 4.69) is 5.32 Å². The van der Waals surface area contributed by atoms with Gasteiger partial charge in [0, 0.05) is 12.1 Å². The van der Waals surface area contributed by atoms with Gasteiger partial charge >= 0.3 is 0 Å². The molecule has 2 amide bonds. The van der Waals surface area contributed by atoms with E-state index in [1.165, 1.54) is 4.90 Å². The molecule has 0 aliphatic rings. The number of hydrogen-bond donors (Lipinski definition) is 1. The Labute approximate surface area is 191 Å². The maximum absolute atomic E-state index is 13.4. The molecule has 2 aromatic carbocycles. The Balaban J connectivity index is 2.36. The molecule has 2 aromatic rings. The topological polar surface area (TPSA) is 86.8 Å². The number of nitrogens with zero attached hydrogens (tertiary/aromatic N) is 2. The van der Waals surface area contributed by atoms with E-state index in [0.717, 1.165) is 21.7 Å². The average molecular weight is 460 g/mol. The van der Waals surface area contributed by atoms with Crippen molar-refractivity contribution >= 4 is 27.5 Å².